The van der Waals surface area contributed by atoms with Crippen LogP contribution >= 0.6 is 11.3 Å². The smallest absolute Gasteiger partial charge is 0.246 e. The molecule has 0 radical (unpaired) electrons. The summed E-state index contributed by atoms with van der Waals surface area (Å²) >= 11 is 1.59. The summed E-state index contributed by atoms with van der Waals surface area (Å²) in [5.41, 5.74) is 0. The first-order valence-electron chi connectivity index (χ1n) is 10.3. The average Bonchev–Trinajstić information content (AvgIpc) is 3.25. The van der Waals surface area contributed by atoms with Gasteiger partial charge in [-0.1, -0.05) is 18.1 Å². The van der Waals surface area contributed by atoms with Crippen molar-refractivity contribution in [1.82, 2.24) is 19.9 Å². The number of carbonyl (C=O) groups excluding carboxylic acids is 1. The highest BCUT2D eigenvalue weighted by atomic mass is 32.1. The first-order valence-corrected chi connectivity index (χ1v) is 11.2. The number of carbonyl (C=O) groups is 1. The second-order valence-electron chi connectivity index (χ2n) is 7.98. The number of thiophene rings is 1. The van der Waals surface area contributed by atoms with Crippen molar-refractivity contribution in [3.05, 3.63) is 53.1 Å². The van der Waals surface area contributed by atoms with E-state index in [0.717, 1.165) is 29.5 Å². The van der Waals surface area contributed by atoms with Crippen molar-refractivity contribution in [2.75, 3.05) is 26.2 Å². The summed E-state index contributed by atoms with van der Waals surface area (Å²) < 4.78 is 11.2. The van der Waals surface area contributed by atoms with E-state index in [-0.39, 0.29) is 5.91 Å². The molecule has 156 valence electrons. The van der Waals surface area contributed by atoms with Crippen molar-refractivity contribution in [2.24, 2.45) is 5.92 Å². The van der Waals surface area contributed by atoms with Gasteiger partial charge in [0, 0.05) is 38.2 Å². The Hall–Kier alpha value is -2.71. The van der Waals surface area contributed by atoms with Crippen LogP contribution in [0.15, 0.2) is 44.7 Å². The van der Waals surface area contributed by atoms with Gasteiger partial charge in [0.2, 0.25) is 17.6 Å². The summed E-state index contributed by atoms with van der Waals surface area (Å²) in [5, 5.41) is 6.05. The number of aromatic nitrogens is 2. The van der Waals surface area contributed by atoms with E-state index in [2.05, 4.69) is 22.0 Å². The second-order valence-corrected chi connectivity index (χ2v) is 8.93. The van der Waals surface area contributed by atoms with Gasteiger partial charge in [-0.25, -0.2) is 0 Å². The second kappa shape index (κ2) is 8.20. The van der Waals surface area contributed by atoms with Crippen LogP contribution in [0.2, 0.25) is 0 Å². The molecule has 5 rings (SSSR count). The average molecular weight is 425 g/mol. The normalized spacial score (nSPS) is 22.1. The minimum Gasteiger partial charge on any atom is -0.461 e. The van der Waals surface area contributed by atoms with Gasteiger partial charge in [-0.05, 0) is 42.0 Å². The van der Waals surface area contributed by atoms with Gasteiger partial charge in [0.1, 0.15) is 11.5 Å². The Morgan fingerprint density at radius 3 is 2.83 bits per heavy atom. The third kappa shape index (κ3) is 4.24. The molecule has 2 aliphatic rings. The number of rotatable bonds is 6. The molecule has 0 spiro atoms. The lowest BCUT2D eigenvalue weighted by molar-refractivity contribution is -0.127. The van der Waals surface area contributed by atoms with Crippen LogP contribution in [0.1, 0.15) is 36.7 Å². The van der Waals surface area contributed by atoms with Gasteiger partial charge in [-0.2, -0.15) is 4.98 Å². The largest absolute Gasteiger partial charge is 0.461 e. The molecule has 1 aliphatic carbocycles. The van der Waals surface area contributed by atoms with Crippen molar-refractivity contribution in [2.45, 2.75) is 25.8 Å². The van der Waals surface area contributed by atoms with Gasteiger partial charge in [-0.3, -0.25) is 9.69 Å². The van der Waals surface area contributed by atoms with Crippen molar-refractivity contribution in [3.8, 4) is 10.7 Å². The van der Waals surface area contributed by atoms with Crippen molar-refractivity contribution in [3.63, 3.8) is 0 Å². The van der Waals surface area contributed by atoms with Gasteiger partial charge in [0.05, 0.1) is 11.4 Å². The Kier molecular flexibility index (Phi) is 5.26. The molecule has 1 amide bonds. The van der Waals surface area contributed by atoms with Crippen LogP contribution in [0.4, 0.5) is 0 Å². The molecule has 4 heterocycles. The molecule has 0 aromatic carbocycles. The molecule has 3 aromatic rings. The summed E-state index contributed by atoms with van der Waals surface area (Å²) in [5.74, 6) is 4.30. The lowest BCUT2D eigenvalue weighted by Crippen LogP contribution is -2.47. The zero-order valence-corrected chi connectivity index (χ0v) is 17.7. The van der Waals surface area contributed by atoms with Crippen LogP contribution in [-0.2, 0) is 11.3 Å². The molecule has 2 unspecified atom stereocenters. The number of hydrogen-bond donors (Lipinski definition) is 0. The first kappa shape index (κ1) is 19.3. The highest BCUT2D eigenvalue weighted by molar-refractivity contribution is 7.13. The zero-order valence-electron chi connectivity index (χ0n) is 16.9. The molecule has 2 atom stereocenters. The van der Waals surface area contributed by atoms with Crippen molar-refractivity contribution < 1.29 is 13.7 Å². The maximum atomic E-state index is 12.5. The Balaban J connectivity index is 1.10. The van der Waals surface area contributed by atoms with Gasteiger partial charge in [-0.15, -0.1) is 11.3 Å². The van der Waals surface area contributed by atoms with Crippen LogP contribution in [0.25, 0.3) is 16.8 Å². The van der Waals surface area contributed by atoms with Gasteiger partial charge >= 0.3 is 0 Å². The quantitative estimate of drug-likeness (QED) is 0.559. The van der Waals surface area contributed by atoms with E-state index < -0.39 is 0 Å². The standard InChI is InChI=1S/C22H24N4O3S/c1-15-13-17(15)18-6-4-16(28-18)5-7-21(27)26-10-8-25(9-11-26)14-20-23-22(24-29-20)19-3-2-12-30-19/h2-7,12,15,17H,8-11,13-14H2,1H3/b7-5+. The molecule has 7 nitrogen and oxygen atoms in total. The fourth-order valence-corrected chi connectivity index (χ4v) is 4.43. The maximum absolute atomic E-state index is 12.5. The van der Waals surface area contributed by atoms with Crippen molar-refractivity contribution >= 4 is 23.3 Å². The van der Waals surface area contributed by atoms with Crippen LogP contribution in [0.3, 0.4) is 0 Å². The molecule has 2 fully saturated rings. The number of furan rings is 1. The Morgan fingerprint density at radius 2 is 2.10 bits per heavy atom. The first-order chi connectivity index (χ1) is 14.7. The number of amides is 1. The lowest BCUT2D eigenvalue weighted by Gasteiger charge is -2.33. The van der Waals surface area contributed by atoms with E-state index in [1.807, 2.05) is 34.5 Å². The predicted molar refractivity (Wildman–Crippen MR) is 114 cm³/mol. The summed E-state index contributed by atoms with van der Waals surface area (Å²) in [4.78, 5) is 22.1. The minimum atomic E-state index is 0.0187. The molecule has 0 bridgehead atoms. The topological polar surface area (TPSA) is 75.6 Å². The molecule has 3 aromatic heterocycles. The molecular weight excluding hydrogens is 400 g/mol. The zero-order chi connectivity index (χ0) is 20.5. The molecule has 8 heteroatoms. The highest BCUT2D eigenvalue weighted by Crippen LogP contribution is 2.47. The highest BCUT2D eigenvalue weighted by Gasteiger charge is 2.36. The van der Waals surface area contributed by atoms with Gasteiger partial charge in [0.15, 0.2) is 0 Å². The molecule has 1 saturated heterocycles. The predicted octanol–water partition coefficient (Wildman–Crippen LogP) is 3.87. The number of piperazine rings is 1. The van der Waals surface area contributed by atoms with Crippen LogP contribution in [0.5, 0.6) is 0 Å². The van der Waals surface area contributed by atoms with Crippen LogP contribution in [0, 0.1) is 5.92 Å². The fraction of sp³-hybridized carbons (Fsp3) is 0.409. The van der Waals surface area contributed by atoms with E-state index in [1.165, 1.54) is 6.42 Å². The van der Waals surface area contributed by atoms with Crippen LogP contribution < -0.4 is 0 Å². The van der Waals surface area contributed by atoms with E-state index in [0.29, 0.717) is 43.2 Å². The van der Waals surface area contributed by atoms with Gasteiger partial charge < -0.3 is 13.8 Å². The molecule has 30 heavy (non-hydrogen) atoms. The fourth-order valence-electron chi connectivity index (χ4n) is 3.78. The Morgan fingerprint density at radius 1 is 1.27 bits per heavy atom. The third-order valence-electron chi connectivity index (χ3n) is 5.77. The van der Waals surface area contributed by atoms with E-state index >= 15 is 0 Å². The summed E-state index contributed by atoms with van der Waals surface area (Å²) in [7, 11) is 0. The number of nitrogens with zero attached hydrogens (tertiary/aromatic N) is 4. The molecule has 0 N–H and O–H groups in total. The maximum Gasteiger partial charge on any atom is 0.246 e. The van der Waals surface area contributed by atoms with E-state index in [9.17, 15) is 4.79 Å². The summed E-state index contributed by atoms with van der Waals surface area (Å²) in [6.07, 6.45) is 4.58. The van der Waals surface area contributed by atoms with Crippen molar-refractivity contribution in [1.29, 1.82) is 0 Å². The van der Waals surface area contributed by atoms with E-state index in [1.54, 1.807) is 23.5 Å². The summed E-state index contributed by atoms with van der Waals surface area (Å²) in [6.45, 7) is 5.75. The monoisotopic (exact) mass is 424 g/mol. The van der Waals surface area contributed by atoms with Crippen LogP contribution in [-0.4, -0.2) is 52.0 Å². The SMILES string of the molecule is CC1CC1c1ccc(/C=C/C(=O)N2CCN(Cc3nc(-c4cccs4)no3)CC2)o1. The van der Waals surface area contributed by atoms with Gasteiger partial charge in [0.25, 0.3) is 0 Å². The Labute approximate surface area is 179 Å². The van der Waals surface area contributed by atoms with E-state index in [4.69, 9.17) is 8.94 Å². The lowest BCUT2D eigenvalue weighted by atomic mass is 10.2. The molecular formula is C22H24N4O3S. The molecule has 1 saturated carbocycles. The summed E-state index contributed by atoms with van der Waals surface area (Å²) in [6, 6.07) is 7.92. The molecule has 1 aliphatic heterocycles. The Bertz CT molecular complexity index is 1030. The minimum absolute atomic E-state index is 0.0187. The number of hydrogen-bond acceptors (Lipinski definition) is 7. The third-order valence-corrected chi connectivity index (χ3v) is 6.63.